The Kier molecular flexibility index (Phi) is 6.08. The largest absolute Gasteiger partial charge is 0.393 e. The number of ether oxygens (including phenoxy) is 1. The fourth-order valence-corrected chi connectivity index (χ4v) is 3.22. The number of epoxide rings is 1. The van der Waals surface area contributed by atoms with Crippen LogP contribution in [0.2, 0.25) is 0 Å². The van der Waals surface area contributed by atoms with Gasteiger partial charge in [-0.25, -0.2) is 0 Å². The second-order valence-electron chi connectivity index (χ2n) is 7.80. The molecule has 4 heteroatoms. The zero-order valence-corrected chi connectivity index (χ0v) is 15.4. The Morgan fingerprint density at radius 1 is 1.33 bits per heavy atom. The summed E-state index contributed by atoms with van der Waals surface area (Å²) in [5.74, 6) is 0. The monoisotopic (exact) mass is 336 g/mol. The van der Waals surface area contributed by atoms with Gasteiger partial charge in [0.1, 0.15) is 5.60 Å². The Morgan fingerprint density at radius 3 is 2.71 bits per heavy atom. The van der Waals surface area contributed by atoms with Gasteiger partial charge in [0.2, 0.25) is 0 Å². The van der Waals surface area contributed by atoms with E-state index in [1.807, 2.05) is 19.1 Å². The van der Waals surface area contributed by atoms with Gasteiger partial charge in [0.05, 0.1) is 24.4 Å². The molecule has 0 radical (unpaired) electrons. The van der Waals surface area contributed by atoms with Gasteiger partial charge in [-0.05, 0) is 64.5 Å². The third-order valence-corrected chi connectivity index (χ3v) is 5.45. The Bertz CT molecular complexity index is 544. The van der Waals surface area contributed by atoms with Crippen LogP contribution >= 0.6 is 0 Å². The molecule has 0 amide bonds. The number of rotatable bonds is 2. The normalized spacial score (nSPS) is 41.4. The molecule has 1 fully saturated rings. The van der Waals surface area contributed by atoms with Crippen molar-refractivity contribution in [3.8, 4) is 0 Å². The minimum Gasteiger partial charge on any atom is -0.393 e. The molecule has 0 aromatic carbocycles. The molecule has 0 aromatic rings. The smallest absolute Gasteiger partial charge is 0.106 e. The number of aliphatic hydroxyl groups excluding tert-OH is 2. The van der Waals surface area contributed by atoms with Crippen LogP contribution in [0.15, 0.2) is 34.9 Å². The Labute approximate surface area is 145 Å². The lowest BCUT2D eigenvalue weighted by atomic mass is 9.88. The van der Waals surface area contributed by atoms with Gasteiger partial charge in [-0.1, -0.05) is 23.8 Å². The zero-order chi connectivity index (χ0) is 18.0. The summed E-state index contributed by atoms with van der Waals surface area (Å²) in [5.41, 5.74) is 1.40. The molecule has 0 unspecified atom stereocenters. The Balaban J connectivity index is 2.26. The van der Waals surface area contributed by atoms with E-state index in [1.54, 1.807) is 6.92 Å². The maximum atomic E-state index is 10.5. The number of hydrogen-bond donors (Lipinski definition) is 3. The third kappa shape index (κ3) is 4.79. The summed E-state index contributed by atoms with van der Waals surface area (Å²) in [5, 5.41) is 30.4. The molecule has 1 saturated heterocycles. The lowest BCUT2D eigenvalue weighted by Gasteiger charge is -2.26. The summed E-state index contributed by atoms with van der Waals surface area (Å²) in [6.45, 7) is 7.36. The van der Waals surface area contributed by atoms with Gasteiger partial charge in [0.25, 0.3) is 0 Å². The van der Waals surface area contributed by atoms with Crippen LogP contribution in [0.25, 0.3) is 0 Å². The van der Waals surface area contributed by atoms with Crippen LogP contribution in [0.4, 0.5) is 0 Å². The van der Waals surface area contributed by atoms with E-state index in [9.17, 15) is 15.3 Å². The first-order valence-corrected chi connectivity index (χ1v) is 8.90. The summed E-state index contributed by atoms with van der Waals surface area (Å²) >= 11 is 0. The van der Waals surface area contributed by atoms with E-state index in [2.05, 4.69) is 19.9 Å². The summed E-state index contributed by atoms with van der Waals surface area (Å²) in [6, 6.07) is 0. The topological polar surface area (TPSA) is 73.2 Å². The Morgan fingerprint density at radius 2 is 2.04 bits per heavy atom. The fraction of sp³-hybridized carbons (Fsp3) is 0.700. The molecule has 0 aromatic heterocycles. The van der Waals surface area contributed by atoms with E-state index in [1.165, 1.54) is 5.57 Å². The van der Waals surface area contributed by atoms with Gasteiger partial charge in [-0.2, -0.15) is 0 Å². The number of aliphatic hydroxyl groups is 3. The second-order valence-corrected chi connectivity index (χ2v) is 7.80. The molecule has 1 aliphatic carbocycles. The SMILES string of the molecule is C/C1=C\C=C(\[C@@](C)(O)CO)C[C@H](O)/C(C)=C/CC[C@]2(C)O[C@H]2CC1. The van der Waals surface area contributed by atoms with Crippen molar-refractivity contribution in [2.45, 2.75) is 83.2 Å². The van der Waals surface area contributed by atoms with Crippen molar-refractivity contribution in [2.75, 3.05) is 6.61 Å². The van der Waals surface area contributed by atoms with E-state index in [-0.39, 0.29) is 12.2 Å². The fourth-order valence-electron chi connectivity index (χ4n) is 3.22. The van der Waals surface area contributed by atoms with Crippen LogP contribution in [0, 0.1) is 0 Å². The minimum absolute atomic E-state index is 0.0202. The molecule has 136 valence electrons. The summed E-state index contributed by atoms with van der Waals surface area (Å²) < 4.78 is 5.88. The van der Waals surface area contributed by atoms with Crippen molar-refractivity contribution in [3.05, 3.63) is 34.9 Å². The summed E-state index contributed by atoms with van der Waals surface area (Å²) in [4.78, 5) is 0. The molecule has 0 saturated carbocycles. The van der Waals surface area contributed by atoms with Crippen LogP contribution < -0.4 is 0 Å². The Hall–Kier alpha value is -0.940. The van der Waals surface area contributed by atoms with Gasteiger partial charge in [0, 0.05) is 6.42 Å². The first-order valence-electron chi connectivity index (χ1n) is 8.90. The van der Waals surface area contributed by atoms with E-state index in [4.69, 9.17) is 4.74 Å². The molecular formula is C20H32O4. The quantitative estimate of drug-likeness (QED) is 0.535. The molecule has 2 rings (SSSR count). The summed E-state index contributed by atoms with van der Waals surface area (Å²) in [7, 11) is 0. The van der Waals surface area contributed by atoms with E-state index in [0.717, 1.165) is 31.3 Å². The highest BCUT2D eigenvalue weighted by atomic mass is 16.6. The highest BCUT2D eigenvalue weighted by Crippen LogP contribution is 2.43. The van der Waals surface area contributed by atoms with Gasteiger partial charge in [-0.15, -0.1) is 0 Å². The van der Waals surface area contributed by atoms with Gasteiger partial charge in [-0.3, -0.25) is 0 Å². The van der Waals surface area contributed by atoms with Crippen molar-refractivity contribution in [1.29, 1.82) is 0 Å². The van der Waals surface area contributed by atoms with Crippen molar-refractivity contribution in [3.63, 3.8) is 0 Å². The van der Waals surface area contributed by atoms with Crippen molar-refractivity contribution >= 4 is 0 Å². The maximum absolute atomic E-state index is 10.5. The van der Waals surface area contributed by atoms with E-state index >= 15 is 0 Å². The van der Waals surface area contributed by atoms with E-state index in [0.29, 0.717) is 18.1 Å². The second kappa shape index (κ2) is 7.52. The number of hydrogen-bond acceptors (Lipinski definition) is 4. The molecule has 3 N–H and O–H groups in total. The molecule has 1 aliphatic heterocycles. The average Bonchev–Trinajstić information content (AvgIpc) is 3.18. The molecule has 0 bridgehead atoms. The number of fused-ring (bicyclic) bond motifs is 1. The average molecular weight is 336 g/mol. The first kappa shape index (κ1) is 19.4. The van der Waals surface area contributed by atoms with E-state index < -0.39 is 11.7 Å². The van der Waals surface area contributed by atoms with Crippen LogP contribution in [0.1, 0.15) is 59.8 Å². The van der Waals surface area contributed by atoms with Gasteiger partial charge in [0.15, 0.2) is 0 Å². The predicted octanol–water partition coefficient (Wildman–Crippen LogP) is 3.03. The highest BCUT2D eigenvalue weighted by molar-refractivity contribution is 5.26. The summed E-state index contributed by atoms with van der Waals surface area (Å²) in [6.07, 6.45) is 9.65. The molecule has 4 nitrogen and oxygen atoms in total. The van der Waals surface area contributed by atoms with Crippen molar-refractivity contribution < 1.29 is 20.1 Å². The molecule has 1 heterocycles. The molecule has 24 heavy (non-hydrogen) atoms. The van der Waals surface area contributed by atoms with Crippen LogP contribution in [-0.4, -0.2) is 45.3 Å². The lowest BCUT2D eigenvalue weighted by Crippen LogP contribution is -2.33. The highest BCUT2D eigenvalue weighted by Gasteiger charge is 2.50. The molecule has 0 spiro atoms. The van der Waals surface area contributed by atoms with Crippen LogP contribution in [-0.2, 0) is 4.74 Å². The minimum atomic E-state index is -1.33. The standard InChI is InChI=1S/C20H32O4/c1-14-7-9-16(19(3,23)13-21)12-17(22)15(2)6-5-11-20(4)18(24-20)10-8-14/h6-7,9,17-18,21-23H,5,8,10-13H2,1-4H3/b14-7+,15-6+,16-9+/t17-,18-,19-,20-/m0/s1. The maximum Gasteiger partial charge on any atom is 0.106 e. The molecule has 2 aliphatic rings. The third-order valence-electron chi connectivity index (χ3n) is 5.45. The van der Waals surface area contributed by atoms with Crippen LogP contribution in [0.5, 0.6) is 0 Å². The lowest BCUT2D eigenvalue weighted by molar-refractivity contribution is 0.0263. The molecule has 4 atom stereocenters. The van der Waals surface area contributed by atoms with Gasteiger partial charge >= 0.3 is 0 Å². The van der Waals surface area contributed by atoms with Crippen molar-refractivity contribution in [2.24, 2.45) is 0 Å². The number of allylic oxidation sites excluding steroid dienone is 4. The van der Waals surface area contributed by atoms with Crippen molar-refractivity contribution in [1.82, 2.24) is 0 Å². The van der Waals surface area contributed by atoms with Crippen LogP contribution in [0.3, 0.4) is 0 Å². The molecular weight excluding hydrogens is 304 g/mol. The van der Waals surface area contributed by atoms with Gasteiger partial charge < -0.3 is 20.1 Å². The zero-order valence-electron chi connectivity index (χ0n) is 15.4. The predicted molar refractivity (Wildman–Crippen MR) is 95.7 cm³/mol. The first-order chi connectivity index (χ1) is 11.2.